The summed E-state index contributed by atoms with van der Waals surface area (Å²) in [5.74, 6) is 0.866. The first-order valence-electron chi connectivity index (χ1n) is 6.69. The molecule has 1 atom stereocenters. The monoisotopic (exact) mass is 283 g/mol. The molecule has 1 aromatic carbocycles. The highest BCUT2D eigenvalue weighted by Crippen LogP contribution is 2.15. The van der Waals surface area contributed by atoms with Crippen LogP contribution in [0.1, 0.15) is 18.9 Å². The molecule has 4 nitrogen and oxygen atoms in total. The average molecular weight is 283 g/mol. The summed E-state index contributed by atoms with van der Waals surface area (Å²) in [6.45, 7) is 3.45. The zero-order valence-electron chi connectivity index (χ0n) is 11.2. The second-order valence-corrected chi connectivity index (χ2v) is 7.55. The van der Waals surface area contributed by atoms with Gasteiger partial charge in [-0.25, -0.2) is 8.42 Å². The van der Waals surface area contributed by atoms with Crippen molar-refractivity contribution >= 4 is 9.84 Å². The number of benzene rings is 1. The number of aryl methyl sites for hydroxylation is 1. The van der Waals surface area contributed by atoms with Crippen molar-refractivity contribution < 1.29 is 13.5 Å². The lowest BCUT2D eigenvalue weighted by Crippen LogP contribution is -2.45. The third-order valence-corrected chi connectivity index (χ3v) is 5.40. The van der Waals surface area contributed by atoms with Crippen molar-refractivity contribution in [1.82, 2.24) is 4.90 Å². The Morgan fingerprint density at radius 1 is 1.21 bits per heavy atom. The molecule has 0 spiro atoms. The first-order chi connectivity index (χ1) is 8.96. The van der Waals surface area contributed by atoms with Crippen LogP contribution in [0.2, 0.25) is 0 Å². The SMILES string of the molecule is CC(CCc1ccc(O)cc1)N1CCS(=O)(=O)CC1. The number of sulfone groups is 1. The van der Waals surface area contributed by atoms with Gasteiger partial charge in [-0.05, 0) is 37.5 Å². The van der Waals surface area contributed by atoms with Crippen molar-refractivity contribution in [2.24, 2.45) is 0 Å². The molecule has 2 rings (SSSR count). The van der Waals surface area contributed by atoms with Crippen LogP contribution in [0.15, 0.2) is 24.3 Å². The van der Waals surface area contributed by atoms with Gasteiger partial charge in [0.2, 0.25) is 0 Å². The third kappa shape index (κ3) is 4.21. The van der Waals surface area contributed by atoms with Gasteiger partial charge in [0.1, 0.15) is 5.75 Å². The summed E-state index contributed by atoms with van der Waals surface area (Å²) in [4.78, 5) is 2.25. The van der Waals surface area contributed by atoms with Gasteiger partial charge in [0.25, 0.3) is 0 Å². The van der Waals surface area contributed by atoms with Gasteiger partial charge in [-0.15, -0.1) is 0 Å². The molecule has 0 bridgehead atoms. The van der Waals surface area contributed by atoms with E-state index in [1.54, 1.807) is 12.1 Å². The zero-order valence-corrected chi connectivity index (χ0v) is 12.1. The smallest absolute Gasteiger partial charge is 0.152 e. The van der Waals surface area contributed by atoms with E-state index in [0.29, 0.717) is 19.1 Å². The van der Waals surface area contributed by atoms with E-state index in [4.69, 9.17) is 0 Å². The van der Waals surface area contributed by atoms with Crippen molar-refractivity contribution in [2.45, 2.75) is 25.8 Å². The van der Waals surface area contributed by atoms with Crippen LogP contribution in [0, 0.1) is 0 Å². The molecule has 5 heteroatoms. The molecule has 1 unspecified atom stereocenters. The topological polar surface area (TPSA) is 57.6 Å². The van der Waals surface area contributed by atoms with Crippen LogP contribution in [0.5, 0.6) is 5.75 Å². The molecule has 1 aromatic rings. The Kier molecular flexibility index (Phi) is 4.47. The summed E-state index contributed by atoms with van der Waals surface area (Å²) in [5, 5.41) is 9.22. The molecule has 0 aliphatic carbocycles. The summed E-state index contributed by atoms with van der Waals surface area (Å²) in [6.07, 6.45) is 1.95. The Bertz CT molecular complexity index is 496. The summed E-state index contributed by atoms with van der Waals surface area (Å²) in [5.41, 5.74) is 1.20. The van der Waals surface area contributed by atoms with Crippen molar-refractivity contribution in [3.05, 3.63) is 29.8 Å². The molecule has 1 aliphatic rings. The van der Waals surface area contributed by atoms with Gasteiger partial charge in [-0.1, -0.05) is 12.1 Å². The molecule has 106 valence electrons. The van der Waals surface area contributed by atoms with Gasteiger partial charge in [-0.3, -0.25) is 4.90 Å². The van der Waals surface area contributed by atoms with Gasteiger partial charge in [0, 0.05) is 19.1 Å². The summed E-state index contributed by atoms with van der Waals surface area (Å²) < 4.78 is 22.8. The van der Waals surface area contributed by atoms with E-state index in [1.165, 1.54) is 5.56 Å². The second-order valence-electron chi connectivity index (χ2n) is 5.24. The fourth-order valence-electron chi connectivity index (χ4n) is 2.39. The summed E-state index contributed by atoms with van der Waals surface area (Å²) in [6, 6.07) is 7.66. The predicted molar refractivity (Wildman–Crippen MR) is 76.1 cm³/mol. The lowest BCUT2D eigenvalue weighted by molar-refractivity contribution is 0.216. The van der Waals surface area contributed by atoms with Crippen LogP contribution in [-0.4, -0.2) is 49.1 Å². The average Bonchev–Trinajstić information content (AvgIpc) is 2.37. The largest absolute Gasteiger partial charge is 0.508 e. The standard InChI is InChI=1S/C14H21NO3S/c1-12(15-8-10-19(17,18)11-9-15)2-3-13-4-6-14(16)7-5-13/h4-7,12,16H,2-3,8-11H2,1H3. The van der Waals surface area contributed by atoms with Crippen molar-refractivity contribution in [1.29, 1.82) is 0 Å². The molecular formula is C14H21NO3S. The fraction of sp³-hybridized carbons (Fsp3) is 0.571. The Balaban J connectivity index is 1.81. The molecule has 1 fully saturated rings. The number of nitrogens with zero attached hydrogens (tertiary/aromatic N) is 1. The molecule has 1 aliphatic heterocycles. The van der Waals surface area contributed by atoms with Crippen LogP contribution >= 0.6 is 0 Å². The van der Waals surface area contributed by atoms with E-state index in [2.05, 4.69) is 11.8 Å². The molecule has 0 saturated carbocycles. The lowest BCUT2D eigenvalue weighted by atomic mass is 10.1. The number of rotatable bonds is 4. The van der Waals surface area contributed by atoms with Gasteiger partial charge in [-0.2, -0.15) is 0 Å². The van der Waals surface area contributed by atoms with Crippen LogP contribution in [-0.2, 0) is 16.3 Å². The lowest BCUT2D eigenvalue weighted by Gasteiger charge is -2.32. The van der Waals surface area contributed by atoms with Gasteiger partial charge < -0.3 is 5.11 Å². The van der Waals surface area contributed by atoms with E-state index in [0.717, 1.165) is 12.8 Å². The van der Waals surface area contributed by atoms with Crippen LogP contribution < -0.4 is 0 Å². The van der Waals surface area contributed by atoms with E-state index >= 15 is 0 Å². The van der Waals surface area contributed by atoms with E-state index < -0.39 is 9.84 Å². The van der Waals surface area contributed by atoms with E-state index in [-0.39, 0.29) is 17.3 Å². The Labute approximate surface area is 115 Å². The van der Waals surface area contributed by atoms with Crippen LogP contribution in [0.25, 0.3) is 0 Å². The molecule has 19 heavy (non-hydrogen) atoms. The normalized spacial score (nSPS) is 21.1. The van der Waals surface area contributed by atoms with Crippen molar-refractivity contribution in [3.8, 4) is 5.75 Å². The Hall–Kier alpha value is -1.07. The van der Waals surface area contributed by atoms with E-state index in [9.17, 15) is 13.5 Å². The van der Waals surface area contributed by atoms with Gasteiger partial charge >= 0.3 is 0 Å². The Morgan fingerprint density at radius 3 is 2.37 bits per heavy atom. The number of phenolic OH excluding ortho intramolecular Hbond substituents is 1. The Morgan fingerprint density at radius 2 is 1.79 bits per heavy atom. The minimum atomic E-state index is -2.79. The molecule has 1 saturated heterocycles. The third-order valence-electron chi connectivity index (χ3n) is 3.79. The maximum atomic E-state index is 11.4. The highest BCUT2D eigenvalue weighted by Gasteiger charge is 2.24. The van der Waals surface area contributed by atoms with Crippen LogP contribution in [0.3, 0.4) is 0 Å². The molecular weight excluding hydrogens is 262 g/mol. The number of hydrogen-bond donors (Lipinski definition) is 1. The highest BCUT2D eigenvalue weighted by atomic mass is 32.2. The number of hydrogen-bond acceptors (Lipinski definition) is 4. The minimum Gasteiger partial charge on any atom is -0.508 e. The predicted octanol–water partition coefficient (Wildman–Crippen LogP) is 1.44. The zero-order chi connectivity index (χ0) is 13.9. The number of aromatic hydroxyl groups is 1. The van der Waals surface area contributed by atoms with Crippen molar-refractivity contribution in [3.63, 3.8) is 0 Å². The molecule has 0 radical (unpaired) electrons. The van der Waals surface area contributed by atoms with E-state index in [1.807, 2.05) is 12.1 Å². The molecule has 0 aromatic heterocycles. The molecule has 1 N–H and O–H groups in total. The highest BCUT2D eigenvalue weighted by molar-refractivity contribution is 7.91. The number of phenols is 1. The maximum Gasteiger partial charge on any atom is 0.152 e. The van der Waals surface area contributed by atoms with Crippen LogP contribution in [0.4, 0.5) is 0 Å². The first kappa shape index (κ1) is 14.3. The molecule has 1 heterocycles. The first-order valence-corrected chi connectivity index (χ1v) is 8.51. The fourth-order valence-corrected chi connectivity index (χ4v) is 3.62. The minimum absolute atomic E-state index is 0.288. The summed E-state index contributed by atoms with van der Waals surface area (Å²) in [7, 11) is -2.79. The van der Waals surface area contributed by atoms with Gasteiger partial charge in [0.15, 0.2) is 9.84 Å². The molecule has 0 amide bonds. The maximum absolute atomic E-state index is 11.4. The van der Waals surface area contributed by atoms with Crippen molar-refractivity contribution in [2.75, 3.05) is 24.6 Å². The quantitative estimate of drug-likeness (QED) is 0.908. The van der Waals surface area contributed by atoms with Gasteiger partial charge in [0.05, 0.1) is 11.5 Å². The second kappa shape index (κ2) is 5.92. The summed E-state index contributed by atoms with van der Waals surface area (Å²) >= 11 is 0.